The fourth-order valence-electron chi connectivity index (χ4n) is 3.85. The molecule has 140 valence electrons. The van der Waals surface area contributed by atoms with Gasteiger partial charge in [-0.05, 0) is 37.8 Å². The predicted molar refractivity (Wildman–Crippen MR) is 106 cm³/mol. The van der Waals surface area contributed by atoms with Crippen molar-refractivity contribution in [2.75, 3.05) is 18.0 Å². The van der Waals surface area contributed by atoms with Gasteiger partial charge in [0.05, 0.1) is 6.54 Å². The Balaban J connectivity index is 1.54. The molecule has 0 spiro atoms. The number of hydrogen-bond donors (Lipinski definition) is 0. The molecule has 0 saturated carbocycles. The molecular weight excluding hydrogens is 336 g/mol. The van der Waals surface area contributed by atoms with Gasteiger partial charge in [0.25, 0.3) is 0 Å². The van der Waals surface area contributed by atoms with Crippen LogP contribution in [0.2, 0.25) is 0 Å². The van der Waals surface area contributed by atoms with Crippen LogP contribution in [0.3, 0.4) is 0 Å². The van der Waals surface area contributed by atoms with Gasteiger partial charge in [0.2, 0.25) is 0 Å². The van der Waals surface area contributed by atoms with Crippen LogP contribution in [-0.4, -0.2) is 37.6 Å². The molecular formula is C21H26N6. The van der Waals surface area contributed by atoms with E-state index in [0.29, 0.717) is 5.92 Å². The highest BCUT2D eigenvalue weighted by Gasteiger charge is 2.26. The molecule has 4 rings (SSSR count). The number of rotatable bonds is 5. The zero-order valence-corrected chi connectivity index (χ0v) is 16.0. The van der Waals surface area contributed by atoms with E-state index in [9.17, 15) is 0 Å². The van der Waals surface area contributed by atoms with E-state index in [0.717, 1.165) is 62.1 Å². The number of pyridine rings is 1. The third-order valence-corrected chi connectivity index (χ3v) is 5.17. The molecule has 1 aliphatic rings. The zero-order chi connectivity index (χ0) is 18.6. The van der Waals surface area contributed by atoms with E-state index in [-0.39, 0.29) is 0 Å². The molecule has 3 aromatic rings. The van der Waals surface area contributed by atoms with E-state index in [1.807, 2.05) is 31.6 Å². The summed E-state index contributed by atoms with van der Waals surface area (Å²) in [6, 6.07) is 6.23. The molecule has 3 aromatic heterocycles. The Hall–Kier alpha value is -2.76. The van der Waals surface area contributed by atoms with Crippen molar-refractivity contribution in [1.29, 1.82) is 0 Å². The molecule has 1 unspecified atom stereocenters. The highest BCUT2D eigenvalue weighted by Crippen LogP contribution is 2.29. The molecule has 6 heteroatoms. The summed E-state index contributed by atoms with van der Waals surface area (Å²) in [5.74, 6) is 3.47. The second-order valence-corrected chi connectivity index (χ2v) is 7.18. The number of aromatic nitrogens is 5. The van der Waals surface area contributed by atoms with Gasteiger partial charge in [-0.3, -0.25) is 4.98 Å². The zero-order valence-electron chi connectivity index (χ0n) is 16.0. The van der Waals surface area contributed by atoms with Crippen molar-refractivity contribution >= 4 is 5.82 Å². The van der Waals surface area contributed by atoms with E-state index in [1.54, 1.807) is 0 Å². The highest BCUT2D eigenvalue weighted by molar-refractivity contribution is 5.41. The smallest absolute Gasteiger partial charge is 0.132 e. The third-order valence-electron chi connectivity index (χ3n) is 5.17. The lowest BCUT2D eigenvalue weighted by atomic mass is 9.97. The molecule has 0 bridgehead atoms. The first-order chi connectivity index (χ1) is 13.2. The van der Waals surface area contributed by atoms with Crippen molar-refractivity contribution in [3.05, 3.63) is 65.9 Å². The van der Waals surface area contributed by atoms with Gasteiger partial charge in [0.15, 0.2) is 0 Å². The minimum Gasteiger partial charge on any atom is -0.356 e. The van der Waals surface area contributed by atoms with Crippen LogP contribution in [0.25, 0.3) is 0 Å². The lowest BCUT2D eigenvalue weighted by Gasteiger charge is -2.33. The fourth-order valence-corrected chi connectivity index (χ4v) is 3.85. The first-order valence-electron chi connectivity index (χ1n) is 9.72. The summed E-state index contributed by atoms with van der Waals surface area (Å²) < 4.78 is 2.26. The number of hydrogen-bond acceptors (Lipinski definition) is 5. The molecule has 6 nitrogen and oxygen atoms in total. The molecule has 27 heavy (non-hydrogen) atoms. The van der Waals surface area contributed by atoms with Crippen LogP contribution in [0.5, 0.6) is 0 Å². The van der Waals surface area contributed by atoms with Crippen LogP contribution >= 0.6 is 0 Å². The molecule has 1 aliphatic heterocycles. The van der Waals surface area contributed by atoms with Crippen molar-refractivity contribution in [2.24, 2.45) is 0 Å². The van der Waals surface area contributed by atoms with Gasteiger partial charge >= 0.3 is 0 Å². The van der Waals surface area contributed by atoms with Crippen LogP contribution in [0.1, 0.15) is 48.6 Å². The van der Waals surface area contributed by atoms with Crippen molar-refractivity contribution in [3.8, 4) is 0 Å². The Kier molecular flexibility index (Phi) is 5.14. The van der Waals surface area contributed by atoms with Crippen LogP contribution in [0.15, 0.2) is 43.0 Å². The summed E-state index contributed by atoms with van der Waals surface area (Å²) >= 11 is 0. The number of aryl methyl sites for hydroxylation is 2. The molecule has 4 heterocycles. The van der Waals surface area contributed by atoms with Crippen LogP contribution in [0.4, 0.5) is 5.82 Å². The Bertz CT molecular complexity index is 889. The van der Waals surface area contributed by atoms with Crippen LogP contribution < -0.4 is 4.90 Å². The molecule has 1 saturated heterocycles. The van der Waals surface area contributed by atoms with Crippen molar-refractivity contribution in [1.82, 2.24) is 24.5 Å². The highest BCUT2D eigenvalue weighted by atomic mass is 15.2. The number of anilines is 1. The monoisotopic (exact) mass is 362 g/mol. The van der Waals surface area contributed by atoms with Gasteiger partial charge < -0.3 is 9.47 Å². The average Bonchev–Trinajstić information content (AvgIpc) is 3.16. The largest absolute Gasteiger partial charge is 0.356 e. The van der Waals surface area contributed by atoms with Gasteiger partial charge in [-0.25, -0.2) is 15.0 Å². The lowest BCUT2D eigenvalue weighted by molar-refractivity contribution is 0.473. The summed E-state index contributed by atoms with van der Waals surface area (Å²) in [6.07, 6.45) is 11.0. The molecule has 0 aliphatic carbocycles. The van der Waals surface area contributed by atoms with Gasteiger partial charge in [0, 0.05) is 55.6 Å². The minimum atomic E-state index is 0.408. The molecule has 1 atom stereocenters. The predicted octanol–water partition coefficient (Wildman–Crippen LogP) is 3.37. The Morgan fingerprint density at radius 3 is 2.96 bits per heavy atom. The van der Waals surface area contributed by atoms with Crippen molar-refractivity contribution in [3.63, 3.8) is 0 Å². The van der Waals surface area contributed by atoms with Crippen LogP contribution in [-0.2, 0) is 13.0 Å². The van der Waals surface area contributed by atoms with E-state index in [4.69, 9.17) is 9.97 Å². The van der Waals surface area contributed by atoms with Gasteiger partial charge in [0.1, 0.15) is 17.5 Å². The second-order valence-electron chi connectivity index (χ2n) is 7.18. The summed E-state index contributed by atoms with van der Waals surface area (Å²) in [5, 5.41) is 0. The first kappa shape index (κ1) is 17.6. The molecule has 1 fully saturated rings. The Morgan fingerprint density at radius 2 is 2.15 bits per heavy atom. The number of nitrogens with zero attached hydrogens (tertiary/aromatic N) is 6. The fraction of sp³-hybridized carbons (Fsp3) is 0.429. The Morgan fingerprint density at radius 1 is 1.22 bits per heavy atom. The van der Waals surface area contributed by atoms with E-state index in [2.05, 4.69) is 44.7 Å². The normalized spacial score (nSPS) is 17.3. The van der Waals surface area contributed by atoms with E-state index in [1.165, 1.54) is 5.56 Å². The van der Waals surface area contributed by atoms with Gasteiger partial charge in [-0.15, -0.1) is 0 Å². The quantitative estimate of drug-likeness (QED) is 0.696. The molecule has 0 N–H and O–H groups in total. The maximum absolute atomic E-state index is 4.70. The summed E-state index contributed by atoms with van der Waals surface area (Å²) in [7, 11) is 0. The molecule has 0 aromatic carbocycles. The van der Waals surface area contributed by atoms with Crippen LogP contribution in [0, 0.1) is 6.92 Å². The van der Waals surface area contributed by atoms with Crippen molar-refractivity contribution in [2.45, 2.75) is 45.6 Å². The lowest BCUT2D eigenvalue weighted by Crippen LogP contribution is -2.36. The van der Waals surface area contributed by atoms with Gasteiger partial charge in [-0.2, -0.15) is 0 Å². The standard InChI is InChI=1S/C21H26N6/c1-3-19-12-20(25-16(2)24-19)26-10-5-7-18(15-26)21-23-9-11-27(21)14-17-6-4-8-22-13-17/h4,6,8-9,11-13,18H,3,5,7,10,14-15H2,1-2H3. The molecule has 0 radical (unpaired) electrons. The number of imidazole rings is 1. The maximum atomic E-state index is 4.70. The first-order valence-corrected chi connectivity index (χ1v) is 9.72. The average molecular weight is 362 g/mol. The van der Waals surface area contributed by atoms with E-state index < -0.39 is 0 Å². The van der Waals surface area contributed by atoms with Crippen molar-refractivity contribution < 1.29 is 0 Å². The number of piperidine rings is 1. The summed E-state index contributed by atoms with van der Waals surface area (Å²) in [6.45, 7) is 6.92. The SMILES string of the molecule is CCc1cc(N2CCCC(c3nccn3Cc3cccnc3)C2)nc(C)n1. The molecule has 0 amide bonds. The third kappa shape index (κ3) is 3.99. The van der Waals surface area contributed by atoms with E-state index >= 15 is 0 Å². The topological polar surface area (TPSA) is 59.7 Å². The van der Waals surface area contributed by atoms with Gasteiger partial charge in [-0.1, -0.05) is 13.0 Å². The summed E-state index contributed by atoms with van der Waals surface area (Å²) in [5.41, 5.74) is 2.31. The second kappa shape index (κ2) is 7.86. The maximum Gasteiger partial charge on any atom is 0.132 e. The summed E-state index contributed by atoms with van der Waals surface area (Å²) in [4.78, 5) is 20.5. The minimum absolute atomic E-state index is 0.408. The Labute approximate surface area is 160 Å².